The second-order valence-corrected chi connectivity index (χ2v) is 7.55. The lowest BCUT2D eigenvalue weighted by Crippen LogP contribution is -2.26. The molecule has 3 heterocycles. The molecule has 136 valence electrons. The third-order valence-corrected chi connectivity index (χ3v) is 5.75. The molecule has 3 fully saturated rings. The van der Waals surface area contributed by atoms with Crippen molar-refractivity contribution in [3.63, 3.8) is 0 Å². The van der Waals surface area contributed by atoms with E-state index < -0.39 is 6.29 Å². The highest BCUT2D eigenvalue weighted by Crippen LogP contribution is 2.57. The summed E-state index contributed by atoms with van der Waals surface area (Å²) in [5, 5.41) is 0. The molecule has 0 spiro atoms. The summed E-state index contributed by atoms with van der Waals surface area (Å²) in [5.41, 5.74) is 3.47. The Morgan fingerprint density at radius 3 is 2.96 bits per heavy atom. The molecule has 0 amide bonds. The van der Waals surface area contributed by atoms with Gasteiger partial charge in [0, 0.05) is 25.2 Å². The van der Waals surface area contributed by atoms with E-state index in [1.165, 1.54) is 11.1 Å². The van der Waals surface area contributed by atoms with E-state index in [9.17, 15) is 0 Å². The van der Waals surface area contributed by atoms with E-state index in [1.807, 2.05) is 6.92 Å². The second-order valence-electron chi connectivity index (χ2n) is 7.55. The number of benzene rings is 1. The third kappa shape index (κ3) is 2.78. The van der Waals surface area contributed by atoms with Gasteiger partial charge in [-0.2, -0.15) is 0 Å². The van der Waals surface area contributed by atoms with Crippen molar-refractivity contribution in [2.45, 2.75) is 76.3 Å². The van der Waals surface area contributed by atoms with Crippen LogP contribution in [0.5, 0.6) is 5.75 Å². The van der Waals surface area contributed by atoms with Crippen molar-refractivity contribution in [2.24, 2.45) is 0 Å². The van der Waals surface area contributed by atoms with Gasteiger partial charge in [-0.15, -0.1) is 0 Å². The zero-order chi connectivity index (χ0) is 17.0. The molecule has 3 aliphatic heterocycles. The first-order valence-corrected chi connectivity index (χ1v) is 9.60. The van der Waals surface area contributed by atoms with Crippen LogP contribution in [0.3, 0.4) is 0 Å². The Morgan fingerprint density at radius 1 is 1.24 bits per heavy atom. The molecule has 1 aromatic rings. The quantitative estimate of drug-likeness (QED) is 0.602. The Morgan fingerprint density at radius 2 is 2.16 bits per heavy atom. The largest absolute Gasteiger partial charge is 0.489 e. The first kappa shape index (κ1) is 16.1. The van der Waals surface area contributed by atoms with Crippen molar-refractivity contribution in [3.8, 4) is 5.75 Å². The van der Waals surface area contributed by atoms with Crippen LogP contribution in [0.1, 0.15) is 61.5 Å². The first-order valence-electron chi connectivity index (χ1n) is 9.60. The van der Waals surface area contributed by atoms with Crippen LogP contribution < -0.4 is 4.74 Å². The topological polar surface area (TPSA) is 49.5 Å². The summed E-state index contributed by atoms with van der Waals surface area (Å²) in [4.78, 5) is 0. The van der Waals surface area contributed by atoms with E-state index in [-0.39, 0.29) is 12.4 Å². The number of hydrogen-bond acceptors (Lipinski definition) is 5. The van der Waals surface area contributed by atoms with Gasteiger partial charge in [-0.3, -0.25) is 0 Å². The fraction of sp³-hybridized carbons (Fsp3) is 0.700. The highest BCUT2D eigenvalue weighted by Gasteiger charge is 2.60. The lowest BCUT2D eigenvalue weighted by Gasteiger charge is -2.28. The Kier molecular flexibility index (Phi) is 4.01. The summed E-state index contributed by atoms with van der Waals surface area (Å²) in [6.07, 6.45) is 4.50. The zero-order valence-corrected chi connectivity index (χ0v) is 14.9. The van der Waals surface area contributed by atoms with Crippen molar-refractivity contribution in [1.82, 2.24) is 0 Å². The minimum Gasteiger partial charge on any atom is -0.489 e. The molecule has 2 unspecified atom stereocenters. The third-order valence-electron chi connectivity index (χ3n) is 5.75. The number of aryl methyl sites for hydroxylation is 1. The van der Waals surface area contributed by atoms with Gasteiger partial charge in [0.25, 0.3) is 0 Å². The lowest BCUT2D eigenvalue weighted by molar-refractivity contribution is -0.258. The molecular weight excluding hydrogens is 320 g/mol. The van der Waals surface area contributed by atoms with Gasteiger partial charge in [-0.1, -0.05) is 11.6 Å². The van der Waals surface area contributed by atoms with Crippen LogP contribution >= 0.6 is 0 Å². The normalized spacial score (nSPS) is 36.3. The maximum absolute atomic E-state index is 6.35. The van der Waals surface area contributed by atoms with E-state index in [0.717, 1.165) is 43.6 Å². The molecule has 5 rings (SSSR count). The van der Waals surface area contributed by atoms with E-state index in [0.29, 0.717) is 24.7 Å². The van der Waals surface area contributed by atoms with Gasteiger partial charge in [-0.25, -0.2) is 0 Å². The number of hydrogen-bond donors (Lipinski definition) is 0. The minimum atomic E-state index is -0.448. The number of epoxide rings is 1. The van der Waals surface area contributed by atoms with Crippen LogP contribution in [0.25, 0.3) is 0 Å². The zero-order valence-electron chi connectivity index (χ0n) is 14.9. The molecule has 25 heavy (non-hydrogen) atoms. The summed E-state index contributed by atoms with van der Waals surface area (Å²) in [6, 6.07) is 4.38. The second kappa shape index (κ2) is 6.23. The van der Waals surface area contributed by atoms with Crippen LogP contribution in [0.2, 0.25) is 0 Å². The molecule has 0 bridgehead atoms. The van der Waals surface area contributed by atoms with E-state index in [2.05, 4.69) is 19.1 Å². The summed E-state index contributed by atoms with van der Waals surface area (Å²) >= 11 is 0. The van der Waals surface area contributed by atoms with Crippen LogP contribution in [0.4, 0.5) is 0 Å². The first-order chi connectivity index (χ1) is 12.2. The van der Waals surface area contributed by atoms with Gasteiger partial charge >= 0.3 is 0 Å². The number of rotatable bonds is 5. The summed E-state index contributed by atoms with van der Waals surface area (Å²) in [6.45, 7) is 5.46. The van der Waals surface area contributed by atoms with Crippen molar-refractivity contribution in [3.05, 3.63) is 28.8 Å². The molecule has 6 atom stereocenters. The van der Waals surface area contributed by atoms with Crippen LogP contribution in [0, 0.1) is 6.92 Å². The average molecular weight is 346 g/mol. The number of fused-ring (bicyclic) bond motifs is 5. The van der Waals surface area contributed by atoms with Gasteiger partial charge in [0.1, 0.15) is 11.9 Å². The van der Waals surface area contributed by atoms with Crippen LogP contribution in [-0.4, -0.2) is 37.8 Å². The molecule has 1 aliphatic carbocycles. The SMILES string of the molecule is CCOC(OC1CCCCO1)c1cc(C)cc2c1O[C@@H]1C[C@H]3O[C@H]3[C@H]21. The molecule has 1 aromatic carbocycles. The predicted molar refractivity (Wildman–Crippen MR) is 90.7 cm³/mol. The Labute approximate surface area is 148 Å². The summed E-state index contributed by atoms with van der Waals surface area (Å²) in [5.74, 6) is 1.32. The molecule has 4 aliphatic rings. The van der Waals surface area contributed by atoms with Crippen molar-refractivity contribution in [1.29, 1.82) is 0 Å². The minimum absolute atomic E-state index is 0.196. The Balaban J connectivity index is 1.46. The maximum Gasteiger partial charge on any atom is 0.190 e. The fourth-order valence-electron chi connectivity index (χ4n) is 4.60. The lowest BCUT2D eigenvalue weighted by atomic mass is 9.93. The summed E-state index contributed by atoms with van der Waals surface area (Å²) in [7, 11) is 0. The van der Waals surface area contributed by atoms with Gasteiger partial charge in [0.15, 0.2) is 12.6 Å². The molecule has 1 saturated carbocycles. The van der Waals surface area contributed by atoms with Gasteiger partial charge in [-0.05, 0) is 39.2 Å². The molecule has 0 aromatic heterocycles. The van der Waals surface area contributed by atoms with Crippen molar-refractivity contribution < 1.29 is 23.7 Å². The maximum atomic E-state index is 6.35. The molecule has 0 N–H and O–H groups in total. The smallest absolute Gasteiger partial charge is 0.190 e. The Hall–Kier alpha value is -1.14. The van der Waals surface area contributed by atoms with E-state index >= 15 is 0 Å². The van der Waals surface area contributed by atoms with Gasteiger partial charge < -0.3 is 23.7 Å². The van der Waals surface area contributed by atoms with Crippen molar-refractivity contribution in [2.75, 3.05) is 13.2 Å². The van der Waals surface area contributed by atoms with Gasteiger partial charge in [0.2, 0.25) is 0 Å². The molecule has 5 heteroatoms. The standard InChI is InChI=1S/C20H26O5/c1-3-21-20(25-16-6-4-5-7-22-16)13-9-11(2)8-12-17-14(23-18(12)13)10-15-19(17)24-15/h8-9,14-17,19-20H,3-7,10H2,1-2H3/t14-,15-,16?,17-,19-,20?/m1/s1. The molecular formula is C20H26O5. The highest BCUT2D eigenvalue weighted by atomic mass is 16.8. The van der Waals surface area contributed by atoms with E-state index in [1.54, 1.807) is 0 Å². The van der Waals surface area contributed by atoms with Crippen molar-refractivity contribution >= 4 is 0 Å². The predicted octanol–water partition coefficient (Wildman–Crippen LogP) is 3.59. The van der Waals surface area contributed by atoms with Gasteiger partial charge in [0.05, 0.1) is 23.7 Å². The molecule has 2 saturated heterocycles. The average Bonchev–Trinajstić information content (AvgIpc) is 3.12. The number of ether oxygens (including phenoxy) is 5. The summed E-state index contributed by atoms with van der Waals surface area (Å²) < 4.78 is 30.0. The molecule has 5 nitrogen and oxygen atoms in total. The van der Waals surface area contributed by atoms with E-state index in [4.69, 9.17) is 23.7 Å². The Bertz CT molecular complexity index is 654. The highest BCUT2D eigenvalue weighted by molar-refractivity contribution is 5.52. The molecule has 0 radical (unpaired) electrons. The fourth-order valence-corrected chi connectivity index (χ4v) is 4.60. The van der Waals surface area contributed by atoms with Crippen LogP contribution in [0.15, 0.2) is 12.1 Å². The van der Waals surface area contributed by atoms with Crippen LogP contribution in [-0.2, 0) is 18.9 Å². The monoisotopic (exact) mass is 346 g/mol.